The van der Waals surface area contributed by atoms with Gasteiger partial charge in [-0.15, -0.1) is 0 Å². The summed E-state index contributed by atoms with van der Waals surface area (Å²) in [5.74, 6) is -0.543. The van der Waals surface area contributed by atoms with Crippen LogP contribution in [0.5, 0.6) is 5.75 Å². The minimum absolute atomic E-state index is 0.0646. The van der Waals surface area contributed by atoms with Crippen molar-refractivity contribution in [1.82, 2.24) is 0 Å². The van der Waals surface area contributed by atoms with Gasteiger partial charge in [0.25, 0.3) is 0 Å². The van der Waals surface area contributed by atoms with E-state index in [-0.39, 0.29) is 17.9 Å². The molecule has 0 fully saturated rings. The molecule has 4 heteroatoms. The third-order valence-electron chi connectivity index (χ3n) is 4.06. The Morgan fingerprint density at radius 2 is 1.75 bits per heavy atom. The molecular weight excluding hydrogens is 310 g/mol. The van der Waals surface area contributed by atoms with Gasteiger partial charge < -0.3 is 9.47 Å². The molecule has 1 heterocycles. The van der Waals surface area contributed by atoms with Gasteiger partial charge in [0.15, 0.2) is 11.6 Å². The van der Waals surface area contributed by atoms with Gasteiger partial charge in [-0.25, -0.2) is 4.39 Å². The quantitative estimate of drug-likeness (QED) is 0.744. The summed E-state index contributed by atoms with van der Waals surface area (Å²) in [6.07, 6.45) is 3.05. The van der Waals surface area contributed by atoms with E-state index >= 15 is 0 Å². The summed E-state index contributed by atoms with van der Waals surface area (Å²) < 4.78 is 39.1. The van der Waals surface area contributed by atoms with E-state index in [4.69, 9.17) is 9.47 Å². The van der Waals surface area contributed by atoms with Crippen LogP contribution in [0.25, 0.3) is 16.9 Å². The monoisotopic (exact) mass is 330 g/mol. The second-order valence-electron chi connectivity index (χ2n) is 5.97. The summed E-state index contributed by atoms with van der Waals surface area (Å²) in [7, 11) is 0. The number of rotatable bonds is 4. The lowest BCUT2D eigenvalue weighted by molar-refractivity contribution is 0.211. The van der Waals surface area contributed by atoms with Crippen molar-refractivity contribution in [3.05, 3.63) is 59.7 Å². The zero-order valence-corrected chi connectivity index (χ0v) is 13.8. The van der Waals surface area contributed by atoms with E-state index in [0.717, 1.165) is 17.7 Å². The number of ether oxygens (including phenoxy) is 2. The molecule has 2 aromatic rings. The SMILES string of the molecule is CCOc1ccc(-c2ccc(C3=CCC(C)CO3)cc2)c(F)c1F. The van der Waals surface area contributed by atoms with Gasteiger partial charge >= 0.3 is 0 Å². The van der Waals surface area contributed by atoms with Crippen molar-refractivity contribution in [2.75, 3.05) is 13.2 Å². The maximum atomic E-state index is 14.3. The second-order valence-corrected chi connectivity index (χ2v) is 5.97. The highest BCUT2D eigenvalue weighted by Crippen LogP contribution is 2.31. The summed E-state index contributed by atoms with van der Waals surface area (Å²) >= 11 is 0. The third-order valence-corrected chi connectivity index (χ3v) is 4.06. The molecule has 0 saturated heterocycles. The number of hydrogen-bond donors (Lipinski definition) is 0. The number of hydrogen-bond acceptors (Lipinski definition) is 2. The summed E-state index contributed by atoms with van der Waals surface area (Å²) in [5, 5.41) is 0. The van der Waals surface area contributed by atoms with Gasteiger partial charge in [-0.3, -0.25) is 0 Å². The van der Waals surface area contributed by atoms with Crippen LogP contribution in [-0.2, 0) is 4.74 Å². The van der Waals surface area contributed by atoms with Crippen molar-refractivity contribution in [1.29, 1.82) is 0 Å². The summed E-state index contributed by atoms with van der Waals surface area (Å²) in [5.41, 5.74) is 1.77. The molecule has 0 aromatic heterocycles. The molecule has 24 heavy (non-hydrogen) atoms. The van der Waals surface area contributed by atoms with Crippen LogP contribution < -0.4 is 4.74 Å². The molecule has 1 aliphatic rings. The van der Waals surface area contributed by atoms with Crippen molar-refractivity contribution in [2.45, 2.75) is 20.3 Å². The van der Waals surface area contributed by atoms with Crippen LogP contribution in [-0.4, -0.2) is 13.2 Å². The van der Waals surface area contributed by atoms with E-state index < -0.39 is 11.6 Å². The topological polar surface area (TPSA) is 18.5 Å². The molecule has 1 atom stereocenters. The van der Waals surface area contributed by atoms with Gasteiger partial charge in [0.05, 0.1) is 13.2 Å². The molecule has 0 aliphatic carbocycles. The van der Waals surface area contributed by atoms with Gasteiger partial charge in [-0.1, -0.05) is 31.2 Å². The maximum Gasteiger partial charge on any atom is 0.201 e. The fourth-order valence-corrected chi connectivity index (χ4v) is 2.70. The molecule has 2 nitrogen and oxygen atoms in total. The minimum Gasteiger partial charge on any atom is -0.493 e. The predicted octanol–water partition coefficient (Wildman–Crippen LogP) is 5.43. The molecule has 0 amide bonds. The van der Waals surface area contributed by atoms with Gasteiger partial charge in [0.1, 0.15) is 5.76 Å². The van der Waals surface area contributed by atoms with Crippen molar-refractivity contribution < 1.29 is 18.3 Å². The van der Waals surface area contributed by atoms with Crippen molar-refractivity contribution in [3.63, 3.8) is 0 Å². The van der Waals surface area contributed by atoms with Crippen molar-refractivity contribution in [3.8, 4) is 16.9 Å². The fraction of sp³-hybridized carbons (Fsp3) is 0.300. The van der Waals surface area contributed by atoms with Crippen LogP contribution in [0, 0.1) is 17.6 Å². The minimum atomic E-state index is -0.953. The van der Waals surface area contributed by atoms with Gasteiger partial charge in [0, 0.05) is 11.1 Å². The van der Waals surface area contributed by atoms with E-state index in [1.54, 1.807) is 19.1 Å². The Hall–Kier alpha value is -2.36. The van der Waals surface area contributed by atoms with Crippen molar-refractivity contribution in [2.24, 2.45) is 5.92 Å². The Morgan fingerprint density at radius 3 is 2.38 bits per heavy atom. The van der Waals surface area contributed by atoms with E-state index in [1.165, 1.54) is 12.1 Å². The van der Waals surface area contributed by atoms with Crippen molar-refractivity contribution >= 4 is 5.76 Å². The first-order chi connectivity index (χ1) is 11.6. The lowest BCUT2D eigenvalue weighted by Gasteiger charge is -2.20. The smallest absolute Gasteiger partial charge is 0.201 e. The van der Waals surface area contributed by atoms with Crippen LogP contribution >= 0.6 is 0 Å². The fourth-order valence-electron chi connectivity index (χ4n) is 2.70. The lowest BCUT2D eigenvalue weighted by atomic mass is 10.00. The largest absolute Gasteiger partial charge is 0.493 e. The van der Waals surface area contributed by atoms with E-state index in [1.807, 2.05) is 12.1 Å². The van der Waals surface area contributed by atoms with E-state index in [9.17, 15) is 8.78 Å². The zero-order chi connectivity index (χ0) is 17.1. The molecule has 3 rings (SSSR count). The van der Waals surface area contributed by atoms with Crippen LogP contribution in [0.4, 0.5) is 8.78 Å². The average molecular weight is 330 g/mol. The molecule has 0 bridgehead atoms. The van der Waals surface area contributed by atoms with Gasteiger partial charge in [-0.2, -0.15) is 4.39 Å². The molecule has 126 valence electrons. The van der Waals surface area contributed by atoms with E-state index in [2.05, 4.69) is 13.0 Å². The first-order valence-corrected chi connectivity index (χ1v) is 8.14. The average Bonchev–Trinajstić information content (AvgIpc) is 2.60. The first-order valence-electron chi connectivity index (χ1n) is 8.14. The maximum absolute atomic E-state index is 14.3. The Morgan fingerprint density at radius 1 is 1.04 bits per heavy atom. The molecule has 0 N–H and O–H groups in total. The molecule has 1 aliphatic heterocycles. The highest BCUT2D eigenvalue weighted by molar-refractivity contribution is 5.69. The highest BCUT2D eigenvalue weighted by atomic mass is 19.2. The van der Waals surface area contributed by atoms with Crippen LogP contribution in [0.15, 0.2) is 42.5 Å². The standard InChI is InChI=1S/C20H20F2O2/c1-3-23-18-11-9-16(19(21)20(18)22)14-5-7-15(8-6-14)17-10-4-13(2)12-24-17/h5-11,13H,3-4,12H2,1-2H3. The first kappa shape index (κ1) is 16.5. The number of benzene rings is 2. The predicted molar refractivity (Wildman–Crippen MR) is 90.7 cm³/mol. The number of allylic oxidation sites excluding steroid dienone is 1. The molecule has 0 radical (unpaired) electrons. The Kier molecular flexibility index (Phi) is 4.84. The summed E-state index contributed by atoms with van der Waals surface area (Å²) in [6.45, 7) is 4.86. The molecule has 2 aromatic carbocycles. The number of halogens is 2. The van der Waals surface area contributed by atoms with Crippen LogP contribution in [0.1, 0.15) is 25.8 Å². The summed E-state index contributed by atoms with van der Waals surface area (Å²) in [6, 6.07) is 10.3. The Balaban J connectivity index is 1.87. The third kappa shape index (κ3) is 3.28. The van der Waals surface area contributed by atoms with Crippen LogP contribution in [0.3, 0.4) is 0 Å². The zero-order valence-electron chi connectivity index (χ0n) is 13.8. The van der Waals surface area contributed by atoms with Gasteiger partial charge in [-0.05, 0) is 43.0 Å². The lowest BCUT2D eigenvalue weighted by Crippen LogP contribution is -2.09. The highest BCUT2D eigenvalue weighted by Gasteiger charge is 2.16. The Labute approximate surface area is 140 Å². The molecule has 0 spiro atoms. The van der Waals surface area contributed by atoms with Crippen LogP contribution in [0.2, 0.25) is 0 Å². The molecule has 1 unspecified atom stereocenters. The molecule has 0 saturated carbocycles. The normalized spacial score (nSPS) is 17.2. The second kappa shape index (κ2) is 7.04. The molecular formula is C20H20F2O2. The Bertz CT molecular complexity index is 751. The summed E-state index contributed by atoms with van der Waals surface area (Å²) in [4.78, 5) is 0. The van der Waals surface area contributed by atoms with E-state index in [0.29, 0.717) is 18.1 Å². The van der Waals surface area contributed by atoms with Gasteiger partial charge in [0.2, 0.25) is 5.82 Å².